The zero-order valence-corrected chi connectivity index (χ0v) is 15.5. The Morgan fingerprint density at radius 2 is 2.26 bits per heavy atom. The van der Waals surface area contributed by atoms with Crippen LogP contribution in [0.15, 0.2) is 36.9 Å². The second-order valence-corrected chi connectivity index (χ2v) is 6.64. The summed E-state index contributed by atoms with van der Waals surface area (Å²) in [6.45, 7) is 2.29. The van der Waals surface area contributed by atoms with Gasteiger partial charge in [-0.2, -0.15) is 0 Å². The Labute approximate surface area is 159 Å². The molecule has 0 aliphatic heterocycles. The number of rotatable bonds is 5. The zero-order chi connectivity index (χ0) is 19.0. The fraction of sp³-hybridized carbons (Fsp3) is 0.222. The van der Waals surface area contributed by atoms with E-state index in [-0.39, 0.29) is 11.9 Å². The number of ether oxygens (including phenoxy) is 1. The van der Waals surface area contributed by atoms with E-state index in [1.807, 2.05) is 19.1 Å². The van der Waals surface area contributed by atoms with Gasteiger partial charge in [-0.15, -0.1) is 0 Å². The van der Waals surface area contributed by atoms with Crippen LogP contribution >= 0.6 is 11.6 Å². The molecule has 1 atom stereocenters. The number of fused-ring (bicyclic) bond motifs is 2. The SMILES string of the molecule is COC[C@H](C)NC(=O)c1c[nH]c2ncc(-n3cnc4ccc(Cl)cc43)nc12. The second kappa shape index (κ2) is 6.98. The van der Waals surface area contributed by atoms with Gasteiger partial charge < -0.3 is 15.0 Å². The molecular weight excluding hydrogens is 368 g/mol. The van der Waals surface area contributed by atoms with Crippen LogP contribution in [0, 0.1) is 0 Å². The van der Waals surface area contributed by atoms with Crippen LogP contribution in [0.3, 0.4) is 0 Å². The third-order valence-corrected chi connectivity index (χ3v) is 4.40. The highest BCUT2D eigenvalue weighted by molar-refractivity contribution is 6.31. The molecule has 0 radical (unpaired) electrons. The third kappa shape index (κ3) is 3.24. The predicted octanol–water partition coefficient (Wildman–Crippen LogP) is 2.71. The maximum Gasteiger partial charge on any atom is 0.255 e. The van der Waals surface area contributed by atoms with E-state index < -0.39 is 0 Å². The van der Waals surface area contributed by atoms with Crippen molar-refractivity contribution in [2.45, 2.75) is 13.0 Å². The van der Waals surface area contributed by atoms with E-state index in [1.54, 1.807) is 36.5 Å². The molecule has 1 amide bonds. The molecule has 138 valence electrons. The molecule has 0 saturated heterocycles. The minimum absolute atomic E-state index is 0.122. The second-order valence-electron chi connectivity index (χ2n) is 6.21. The van der Waals surface area contributed by atoms with Gasteiger partial charge in [-0.05, 0) is 25.1 Å². The number of methoxy groups -OCH3 is 1. The lowest BCUT2D eigenvalue weighted by atomic mass is 10.2. The largest absolute Gasteiger partial charge is 0.383 e. The molecule has 0 aliphatic rings. The summed E-state index contributed by atoms with van der Waals surface area (Å²) in [5.74, 6) is 0.307. The number of aromatic nitrogens is 5. The maximum absolute atomic E-state index is 12.6. The number of amides is 1. The van der Waals surface area contributed by atoms with Gasteiger partial charge in [0, 0.05) is 24.4 Å². The van der Waals surface area contributed by atoms with Gasteiger partial charge in [-0.3, -0.25) is 9.36 Å². The summed E-state index contributed by atoms with van der Waals surface area (Å²) < 4.78 is 6.84. The summed E-state index contributed by atoms with van der Waals surface area (Å²) >= 11 is 6.11. The van der Waals surface area contributed by atoms with E-state index in [1.165, 1.54) is 0 Å². The summed E-state index contributed by atoms with van der Waals surface area (Å²) in [7, 11) is 1.59. The zero-order valence-electron chi connectivity index (χ0n) is 14.7. The van der Waals surface area contributed by atoms with Crippen LogP contribution in [-0.4, -0.2) is 50.2 Å². The highest BCUT2D eigenvalue weighted by Crippen LogP contribution is 2.22. The summed E-state index contributed by atoms with van der Waals surface area (Å²) in [5.41, 5.74) is 3.04. The number of aromatic amines is 1. The number of halogens is 1. The number of H-pyrrole nitrogens is 1. The van der Waals surface area contributed by atoms with Crippen molar-refractivity contribution < 1.29 is 9.53 Å². The molecule has 9 heteroatoms. The van der Waals surface area contributed by atoms with Gasteiger partial charge in [0.15, 0.2) is 11.5 Å². The number of hydrogen-bond donors (Lipinski definition) is 2. The van der Waals surface area contributed by atoms with Gasteiger partial charge in [0.1, 0.15) is 11.8 Å². The molecule has 4 aromatic rings. The first-order valence-corrected chi connectivity index (χ1v) is 8.71. The van der Waals surface area contributed by atoms with Crippen molar-refractivity contribution in [3.63, 3.8) is 0 Å². The van der Waals surface area contributed by atoms with E-state index in [9.17, 15) is 4.79 Å². The highest BCUT2D eigenvalue weighted by Gasteiger charge is 2.17. The molecule has 4 rings (SSSR count). The Morgan fingerprint density at radius 1 is 1.41 bits per heavy atom. The van der Waals surface area contributed by atoms with Crippen molar-refractivity contribution in [2.24, 2.45) is 0 Å². The van der Waals surface area contributed by atoms with E-state index in [2.05, 4.69) is 25.3 Å². The Kier molecular flexibility index (Phi) is 4.51. The first kappa shape index (κ1) is 17.4. The van der Waals surface area contributed by atoms with Crippen molar-refractivity contribution >= 4 is 39.7 Å². The third-order valence-electron chi connectivity index (χ3n) is 4.16. The predicted molar refractivity (Wildman–Crippen MR) is 102 cm³/mol. The minimum Gasteiger partial charge on any atom is -0.383 e. The molecule has 0 fully saturated rings. The lowest BCUT2D eigenvalue weighted by Crippen LogP contribution is -2.35. The van der Waals surface area contributed by atoms with Crippen LogP contribution in [0.1, 0.15) is 17.3 Å². The van der Waals surface area contributed by atoms with Crippen LogP contribution in [0.5, 0.6) is 0 Å². The standard InChI is InChI=1S/C18H17ClN6O2/c1-10(8-27-2)23-18(26)12-6-20-17-16(12)24-15(7-21-17)25-9-22-13-4-3-11(19)5-14(13)25/h3-7,9-10H,8H2,1-2H3,(H,20,21)(H,23,26)/t10-/m0/s1. The van der Waals surface area contributed by atoms with Gasteiger partial charge in [-0.1, -0.05) is 11.6 Å². The summed E-state index contributed by atoms with van der Waals surface area (Å²) in [5, 5.41) is 3.48. The van der Waals surface area contributed by atoms with Crippen molar-refractivity contribution in [1.29, 1.82) is 0 Å². The molecule has 0 saturated carbocycles. The highest BCUT2D eigenvalue weighted by atomic mass is 35.5. The number of hydrogen-bond acceptors (Lipinski definition) is 5. The minimum atomic E-state index is -0.240. The normalized spacial score (nSPS) is 12.6. The van der Waals surface area contributed by atoms with Gasteiger partial charge in [-0.25, -0.2) is 15.0 Å². The number of imidazole rings is 1. The topological polar surface area (TPSA) is 97.7 Å². The fourth-order valence-electron chi connectivity index (χ4n) is 2.93. The van der Waals surface area contributed by atoms with Crippen LogP contribution in [0.2, 0.25) is 5.02 Å². The average Bonchev–Trinajstić information content (AvgIpc) is 3.24. The van der Waals surface area contributed by atoms with E-state index in [0.29, 0.717) is 34.2 Å². The Hall–Kier alpha value is -2.97. The lowest BCUT2D eigenvalue weighted by molar-refractivity contribution is 0.0907. The van der Waals surface area contributed by atoms with Crippen LogP contribution in [-0.2, 0) is 4.74 Å². The van der Waals surface area contributed by atoms with Crippen LogP contribution in [0.25, 0.3) is 28.0 Å². The number of carbonyl (C=O) groups is 1. The first-order valence-electron chi connectivity index (χ1n) is 8.33. The van der Waals surface area contributed by atoms with Crippen LogP contribution < -0.4 is 5.32 Å². The van der Waals surface area contributed by atoms with Gasteiger partial charge in [0.25, 0.3) is 5.91 Å². The summed E-state index contributed by atoms with van der Waals surface area (Å²) in [6.07, 6.45) is 4.88. The quantitative estimate of drug-likeness (QED) is 0.551. The molecule has 2 N–H and O–H groups in total. The molecular formula is C18H17ClN6O2. The summed E-state index contributed by atoms with van der Waals surface area (Å²) in [4.78, 5) is 28.9. The number of nitrogens with zero attached hydrogens (tertiary/aromatic N) is 4. The average molecular weight is 385 g/mol. The van der Waals surface area contributed by atoms with Crippen molar-refractivity contribution in [1.82, 2.24) is 29.8 Å². The number of benzene rings is 1. The Morgan fingerprint density at radius 3 is 3.07 bits per heavy atom. The molecule has 8 nitrogen and oxygen atoms in total. The molecule has 1 aromatic carbocycles. The molecule has 0 bridgehead atoms. The van der Waals surface area contributed by atoms with Gasteiger partial charge in [0.2, 0.25) is 0 Å². The van der Waals surface area contributed by atoms with Gasteiger partial charge in [0.05, 0.1) is 29.4 Å². The van der Waals surface area contributed by atoms with Crippen molar-refractivity contribution in [3.8, 4) is 5.82 Å². The smallest absolute Gasteiger partial charge is 0.255 e. The molecule has 3 aromatic heterocycles. The van der Waals surface area contributed by atoms with Crippen LogP contribution in [0.4, 0.5) is 0 Å². The molecule has 3 heterocycles. The molecule has 0 aliphatic carbocycles. The van der Waals surface area contributed by atoms with Crippen molar-refractivity contribution in [2.75, 3.05) is 13.7 Å². The maximum atomic E-state index is 12.6. The van der Waals surface area contributed by atoms with Crippen molar-refractivity contribution in [3.05, 3.63) is 47.5 Å². The number of carbonyl (C=O) groups excluding carboxylic acids is 1. The monoisotopic (exact) mass is 384 g/mol. The van der Waals surface area contributed by atoms with E-state index in [4.69, 9.17) is 16.3 Å². The number of nitrogens with one attached hydrogen (secondary N) is 2. The fourth-order valence-corrected chi connectivity index (χ4v) is 3.09. The van der Waals surface area contributed by atoms with E-state index >= 15 is 0 Å². The summed E-state index contributed by atoms with van der Waals surface area (Å²) in [6, 6.07) is 5.31. The molecule has 0 spiro atoms. The Balaban J connectivity index is 1.75. The van der Waals surface area contributed by atoms with Gasteiger partial charge >= 0.3 is 0 Å². The Bertz CT molecular complexity index is 1140. The molecule has 27 heavy (non-hydrogen) atoms. The van der Waals surface area contributed by atoms with E-state index in [0.717, 1.165) is 11.0 Å². The first-order chi connectivity index (χ1) is 13.1. The molecule has 0 unspecified atom stereocenters. The lowest BCUT2D eigenvalue weighted by Gasteiger charge is -2.12.